The Kier molecular flexibility index (Phi) is 4.52. The molecule has 2 aliphatic heterocycles. The van der Waals surface area contributed by atoms with Crippen molar-refractivity contribution in [2.45, 2.75) is 45.8 Å². The Morgan fingerprint density at radius 2 is 2.23 bits per heavy atom. The molecule has 1 unspecified atom stereocenters. The Balaban J connectivity index is 1.59. The van der Waals surface area contributed by atoms with Gasteiger partial charge in [0.1, 0.15) is 0 Å². The highest BCUT2D eigenvalue weighted by atomic mass is 32.1. The lowest BCUT2D eigenvalue weighted by Gasteiger charge is -2.49. The second-order valence-corrected chi connectivity index (χ2v) is 8.20. The SMILES string of the molecule is CC(=O)N1CC(O)CC2(CCN(Cc3cnc(C)s3)CC2)C1. The van der Waals surface area contributed by atoms with Gasteiger partial charge in [0.05, 0.1) is 11.1 Å². The summed E-state index contributed by atoms with van der Waals surface area (Å²) in [7, 11) is 0. The fourth-order valence-corrected chi connectivity index (χ4v) is 4.68. The lowest BCUT2D eigenvalue weighted by Crippen LogP contribution is -2.54. The number of thiazole rings is 1. The summed E-state index contributed by atoms with van der Waals surface area (Å²) < 4.78 is 0. The molecule has 6 heteroatoms. The van der Waals surface area contributed by atoms with E-state index in [1.807, 2.05) is 18.0 Å². The van der Waals surface area contributed by atoms with E-state index in [0.29, 0.717) is 6.54 Å². The van der Waals surface area contributed by atoms with Gasteiger partial charge in [0.2, 0.25) is 5.91 Å². The number of piperidine rings is 2. The van der Waals surface area contributed by atoms with Gasteiger partial charge in [-0.2, -0.15) is 0 Å². The second kappa shape index (κ2) is 6.26. The number of β-amino-alcohol motifs (C(OH)–C–C–N with tert-alkyl or cyclic N) is 1. The fourth-order valence-electron chi connectivity index (χ4n) is 3.84. The third kappa shape index (κ3) is 3.50. The van der Waals surface area contributed by atoms with Gasteiger partial charge < -0.3 is 10.0 Å². The van der Waals surface area contributed by atoms with Crippen molar-refractivity contribution in [3.05, 3.63) is 16.1 Å². The van der Waals surface area contributed by atoms with Crippen LogP contribution in [0.5, 0.6) is 0 Å². The maximum atomic E-state index is 11.7. The molecule has 1 aromatic rings. The van der Waals surface area contributed by atoms with Crippen molar-refractivity contribution in [1.82, 2.24) is 14.8 Å². The molecule has 2 aliphatic rings. The molecule has 1 amide bonds. The average molecular weight is 323 g/mol. The summed E-state index contributed by atoms with van der Waals surface area (Å²) in [4.78, 5) is 21.6. The summed E-state index contributed by atoms with van der Waals surface area (Å²) >= 11 is 1.77. The number of rotatable bonds is 2. The molecule has 122 valence electrons. The average Bonchev–Trinajstić information content (AvgIpc) is 2.86. The van der Waals surface area contributed by atoms with E-state index in [-0.39, 0.29) is 17.4 Å². The molecule has 5 nitrogen and oxygen atoms in total. The fraction of sp³-hybridized carbons (Fsp3) is 0.750. The van der Waals surface area contributed by atoms with Gasteiger partial charge >= 0.3 is 0 Å². The second-order valence-electron chi connectivity index (χ2n) is 6.88. The number of aromatic nitrogens is 1. The molecule has 0 aliphatic carbocycles. The smallest absolute Gasteiger partial charge is 0.219 e. The maximum absolute atomic E-state index is 11.7. The Bertz CT molecular complexity index is 537. The van der Waals surface area contributed by atoms with E-state index < -0.39 is 0 Å². The molecule has 0 saturated carbocycles. The zero-order chi connectivity index (χ0) is 15.7. The molecule has 1 spiro atoms. The summed E-state index contributed by atoms with van der Waals surface area (Å²) in [5.41, 5.74) is 0.115. The largest absolute Gasteiger partial charge is 0.391 e. The predicted molar refractivity (Wildman–Crippen MR) is 86.7 cm³/mol. The van der Waals surface area contributed by atoms with Crippen LogP contribution in [0.2, 0.25) is 0 Å². The van der Waals surface area contributed by atoms with Crippen LogP contribution in [0.1, 0.15) is 36.1 Å². The lowest BCUT2D eigenvalue weighted by molar-refractivity contribution is -0.138. The van der Waals surface area contributed by atoms with Gasteiger partial charge in [-0.3, -0.25) is 9.69 Å². The molecule has 1 aromatic heterocycles. The van der Waals surface area contributed by atoms with E-state index in [2.05, 4.69) is 9.88 Å². The third-order valence-corrected chi connectivity index (χ3v) is 5.93. The molecule has 3 heterocycles. The first kappa shape index (κ1) is 15.9. The molecule has 2 saturated heterocycles. The normalized spacial score (nSPS) is 25.6. The summed E-state index contributed by atoms with van der Waals surface area (Å²) in [6.45, 7) is 8.01. The first-order valence-electron chi connectivity index (χ1n) is 8.03. The van der Waals surface area contributed by atoms with E-state index in [4.69, 9.17) is 0 Å². The number of nitrogens with zero attached hydrogens (tertiary/aromatic N) is 3. The predicted octanol–water partition coefficient (Wildman–Crippen LogP) is 1.65. The van der Waals surface area contributed by atoms with Crippen molar-refractivity contribution < 1.29 is 9.90 Å². The minimum absolute atomic E-state index is 0.0840. The highest BCUT2D eigenvalue weighted by molar-refractivity contribution is 7.11. The van der Waals surface area contributed by atoms with Crippen molar-refractivity contribution in [1.29, 1.82) is 0 Å². The standard InChI is InChI=1S/C16H25N3O2S/c1-12-17-8-15(22-12)10-18-5-3-16(4-6-18)7-14(21)9-19(11-16)13(2)20/h8,14,21H,3-7,9-11H2,1-2H3. The van der Waals surface area contributed by atoms with Gasteiger partial charge in [0.15, 0.2) is 0 Å². The van der Waals surface area contributed by atoms with Crippen LogP contribution in [0.3, 0.4) is 0 Å². The zero-order valence-electron chi connectivity index (χ0n) is 13.4. The molecule has 1 N–H and O–H groups in total. The number of hydrogen-bond donors (Lipinski definition) is 1. The summed E-state index contributed by atoms with van der Waals surface area (Å²) in [6.07, 6.45) is 4.57. The number of carbonyl (C=O) groups excluding carboxylic acids is 1. The number of amides is 1. The Morgan fingerprint density at radius 1 is 1.50 bits per heavy atom. The summed E-state index contributed by atoms with van der Waals surface area (Å²) in [5.74, 6) is 0.0840. The topological polar surface area (TPSA) is 56.7 Å². The van der Waals surface area contributed by atoms with Gasteiger partial charge in [-0.1, -0.05) is 0 Å². The van der Waals surface area contributed by atoms with Crippen LogP contribution in [0.25, 0.3) is 0 Å². The minimum Gasteiger partial charge on any atom is -0.391 e. The van der Waals surface area contributed by atoms with Crippen LogP contribution in [-0.2, 0) is 11.3 Å². The van der Waals surface area contributed by atoms with Crippen molar-refractivity contribution in [2.75, 3.05) is 26.2 Å². The Labute approximate surface area is 135 Å². The maximum Gasteiger partial charge on any atom is 0.219 e. The van der Waals surface area contributed by atoms with Gasteiger partial charge in [0.25, 0.3) is 0 Å². The number of aryl methyl sites for hydroxylation is 1. The number of aliphatic hydroxyl groups excluding tert-OH is 1. The molecule has 22 heavy (non-hydrogen) atoms. The highest BCUT2D eigenvalue weighted by Gasteiger charge is 2.42. The van der Waals surface area contributed by atoms with Gasteiger partial charge in [0, 0.05) is 37.6 Å². The molecule has 1 atom stereocenters. The quantitative estimate of drug-likeness (QED) is 0.899. The molecule has 2 fully saturated rings. The summed E-state index contributed by atoms with van der Waals surface area (Å²) in [6, 6.07) is 0. The monoisotopic (exact) mass is 323 g/mol. The summed E-state index contributed by atoms with van der Waals surface area (Å²) in [5, 5.41) is 11.3. The van der Waals surface area contributed by atoms with Crippen LogP contribution in [0.15, 0.2) is 6.20 Å². The van der Waals surface area contributed by atoms with Gasteiger partial charge in [-0.25, -0.2) is 4.98 Å². The van der Waals surface area contributed by atoms with Crippen LogP contribution < -0.4 is 0 Å². The van der Waals surface area contributed by atoms with Crippen LogP contribution in [0, 0.1) is 12.3 Å². The van der Waals surface area contributed by atoms with Gasteiger partial charge in [-0.05, 0) is 44.7 Å². The van der Waals surface area contributed by atoms with E-state index in [9.17, 15) is 9.90 Å². The lowest BCUT2D eigenvalue weighted by atomic mass is 9.71. The van der Waals surface area contributed by atoms with E-state index in [0.717, 1.165) is 50.4 Å². The van der Waals surface area contributed by atoms with Crippen molar-refractivity contribution >= 4 is 17.2 Å². The van der Waals surface area contributed by atoms with Crippen LogP contribution in [0.4, 0.5) is 0 Å². The Morgan fingerprint density at radius 3 is 2.82 bits per heavy atom. The minimum atomic E-state index is -0.367. The first-order valence-corrected chi connectivity index (χ1v) is 8.85. The zero-order valence-corrected chi connectivity index (χ0v) is 14.2. The number of likely N-dealkylation sites (tertiary alicyclic amines) is 2. The highest BCUT2D eigenvalue weighted by Crippen LogP contribution is 2.40. The van der Waals surface area contributed by atoms with Crippen molar-refractivity contribution in [3.63, 3.8) is 0 Å². The van der Waals surface area contributed by atoms with E-state index >= 15 is 0 Å². The van der Waals surface area contributed by atoms with Crippen LogP contribution >= 0.6 is 11.3 Å². The third-order valence-electron chi connectivity index (χ3n) is 5.04. The molecular weight excluding hydrogens is 298 g/mol. The number of carbonyl (C=O) groups is 1. The Hall–Kier alpha value is -0.980. The van der Waals surface area contributed by atoms with Crippen LogP contribution in [-0.4, -0.2) is 58.1 Å². The molecule has 3 rings (SSSR count). The van der Waals surface area contributed by atoms with E-state index in [1.165, 1.54) is 4.88 Å². The molecule has 0 bridgehead atoms. The van der Waals surface area contributed by atoms with Crippen molar-refractivity contribution in [3.8, 4) is 0 Å². The van der Waals surface area contributed by atoms with E-state index in [1.54, 1.807) is 18.3 Å². The van der Waals surface area contributed by atoms with Gasteiger partial charge in [-0.15, -0.1) is 11.3 Å². The van der Waals surface area contributed by atoms with Crippen molar-refractivity contribution in [2.24, 2.45) is 5.41 Å². The first-order chi connectivity index (χ1) is 10.5. The number of aliphatic hydroxyl groups is 1. The molecule has 0 aromatic carbocycles. The number of hydrogen-bond acceptors (Lipinski definition) is 5. The molecule has 0 radical (unpaired) electrons. The molecular formula is C16H25N3O2S.